The molecule has 0 amide bonds. The highest BCUT2D eigenvalue weighted by Gasteiger charge is 2.28. The van der Waals surface area contributed by atoms with Gasteiger partial charge < -0.3 is 9.15 Å². The van der Waals surface area contributed by atoms with Gasteiger partial charge in [0.25, 0.3) is 15.9 Å². The number of esters is 1. The molecule has 162 valence electrons. The lowest BCUT2D eigenvalue weighted by Gasteiger charge is -2.24. The molecule has 2 aromatic carbocycles. The van der Waals surface area contributed by atoms with Crippen molar-refractivity contribution < 1.29 is 22.4 Å². The molecule has 0 aliphatic rings. The summed E-state index contributed by atoms with van der Waals surface area (Å²) in [7, 11) is -4.14. The number of hydrogen-bond donors (Lipinski definition) is 0. The monoisotopic (exact) mass is 481 g/mol. The first kappa shape index (κ1) is 22.8. The second-order valence-corrected chi connectivity index (χ2v) is 8.91. The fourth-order valence-corrected chi connectivity index (χ4v) is 4.68. The molecule has 0 N–H and O–H groups in total. The van der Waals surface area contributed by atoms with E-state index in [0.717, 1.165) is 10.4 Å². The SMILES string of the molecule is C=CCN(c1ccc(Cl)cc1)S(=O)(=O)c1cc(C(=O)OCc2nnc(C)o2)ccc1Cl. The van der Waals surface area contributed by atoms with E-state index in [-0.39, 0.29) is 34.5 Å². The third kappa shape index (κ3) is 5.25. The Morgan fingerprint density at radius 2 is 1.90 bits per heavy atom. The van der Waals surface area contributed by atoms with Crippen molar-refractivity contribution >= 4 is 44.9 Å². The zero-order valence-electron chi connectivity index (χ0n) is 16.3. The predicted molar refractivity (Wildman–Crippen MR) is 116 cm³/mol. The molecular formula is C20H17Cl2N3O5S. The van der Waals surface area contributed by atoms with Crippen molar-refractivity contribution in [3.05, 3.63) is 82.5 Å². The smallest absolute Gasteiger partial charge is 0.338 e. The highest BCUT2D eigenvalue weighted by molar-refractivity contribution is 7.93. The van der Waals surface area contributed by atoms with Gasteiger partial charge in [0.1, 0.15) is 4.90 Å². The third-order valence-corrected chi connectivity index (χ3v) is 6.57. The zero-order valence-corrected chi connectivity index (χ0v) is 18.6. The molecule has 0 atom stereocenters. The van der Waals surface area contributed by atoms with Gasteiger partial charge in [0, 0.05) is 11.9 Å². The molecule has 0 unspecified atom stereocenters. The van der Waals surface area contributed by atoms with Crippen molar-refractivity contribution in [1.82, 2.24) is 10.2 Å². The van der Waals surface area contributed by atoms with Crippen LogP contribution in [0.2, 0.25) is 10.0 Å². The summed E-state index contributed by atoms with van der Waals surface area (Å²) in [6, 6.07) is 10.1. The van der Waals surface area contributed by atoms with Gasteiger partial charge in [-0.15, -0.1) is 16.8 Å². The van der Waals surface area contributed by atoms with Gasteiger partial charge in [-0.3, -0.25) is 4.31 Å². The molecule has 0 bridgehead atoms. The van der Waals surface area contributed by atoms with Crippen LogP contribution in [-0.4, -0.2) is 31.1 Å². The number of ether oxygens (including phenoxy) is 1. The largest absolute Gasteiger partial charge is 0.452 e. The van der Waals surface area contributed by atoms with E-state index in [4.69, 9.17) is 32.4 Å². The van der Waals surface area contributed by atoms with Crippen LogP contribution >= 0.6 is 23.2 Å². The van der Waals surface area contributed by atoms with Gasteiger partial charge in [0.15, 0.2) is 6.61 Å². The van der Waals surface area contributed by atoms with E-state index in [1.54, 1.807) is 31.2 Å². The third-order valence-electron chi connectivity index (χ3n) is 4.04. The van der Waals surface area contributed by atoms with Crippen molar-refractivity contribution in [3.63, 3.8) is 0 Å². The molecule has 0 saturated heterocycles. The summed E-state index contributed by atoms with van der Waals surface area (Å²) in [4.78, 5) is 12.2. The van der Waals surface area contributed by atoms with E-state index >= 15 is 0 Å². The number of halogens is 2. The number of carbonyl (C=O) groups is 1. The molecule has 0 saturated carbocycles. The van der Waals surface area contributed by atoms with Crippen LogP contribution < -0.4 is 4.31 Å². The summed E-state index contributed by atoms with van der Waals surface area (Å²) >= 11 is 12.1. The molecule has 0 radical (unpaired) electrons. The number of hydrogen-bond acceptors (Lipinski definition) is 7. The van der Waals surface area contributed by atoms with E-state index < -0.39 is 16.0 Å². The standard InChI is InChI=1S/C20H17Cl2N3O5S/c1-3-10-25(16-7-5-15(21)6-8-16)31(27,28)18-11-14(4-9-17(18)22)20(26)29-12-19-24-23-13(2)30-19/h3-9,11H,1,10,12H2,2H3. The van der Waals surface area contributed by atoms with Gasteiger partial charge in [-0.2, -0.15) is 0 Å². The number of anilines is 1. The van der Waals surface area contributed by atoms with Crippen molar-refractivity contribution in [2.45, 2.75) is 18.4 Å². The van der Waals surface area contributed by atoms with Crippen LogP contribution in [0.1, 0.15) is 22.1 Å². The second kappa shape index (κ2) is 9.51. The number of benzene rings is 2. The molecule has 0 spiro atoms. The highest BCUT2D eigenvalue weighted by atomic mass is 35.5. The Morgan fingerprint density at radius 3 is 2.52 bits per heavy atom. The Kier molecular flexibility index (Phi) is 6.99. The molecule has 8 nitrogen and oxygen atoms in total. The molecule has 31 heavy (non-hydrogen) atoms. The van der Waals surface area contributed by atoms with E-state index in [9.17, 15) is 13.2 Å². The predicted octanol–water partition coefficient (Wildman–Crippen LogP) is 4.42. The molecule has 1 heterocycles. The lowest BCUT2D eigenvalue weighted by atomic mass is 10.2. The Hall–Kier alpha value is -2.88. The Morgan fingerprint density at radius 1 is 1.19 bits per heavy atom. The van der Waals surface area contributed by atoms with E-state index in [2.05, 4.69) is 16.8 Å². The normalized spacial score (nSPS) is 11.2. The number of carbonyl (C=O) groups excluding carboxylic acids is 1. The van der Waals surface area contributed by atoms with Crippen LogP contribution in [-0.2, 0) is 21.4 Å². The Labute approximate surface area is 189 Å². The first-order chi connectivity index (χ1) is 14.7. The summed E-state index contributed by atoms with van der Waals surface area (Å²) in [6.07, 6.45) is 1.44. The fourth-order valence-electron chi connectivity index (χ4n) is 2.62. The van der Waals surface area contributed by atoms with Crippen LogP contribution in [0.3, 0.4) is 0 Å². The van der Waals surface area contributed by atoms with Gasteiger partial charge in [-0.25, -0.2) is 13.2 Å². The molecular weight excluding hydrogens is 465 g/mol. The molecule has 1 aromatic heterocycles. The summed E-state index contributed by atoms with van der Waals surface area (Å²) < 4.78 is 38.1. The fraction of sp³-hybridized carbons (Fsp3) is 0.150. The number of nitrogens with zero attached hydrogens (tertiary/aromatic N) is 3. The quantitative estimate of drug-likeness (QED) is 0.346. The van der Waals surface area contributed by atoms with Crippen LogP contribution in [0, 0.1) is 6.92 Å². The zero-order chi connectivity index (χ0) is 22.6. The number of aryl methyl sites for hydroxylation is 1. The summed E-state index contributed by atoms with van der Waals surface area (Å²) in [5, 5.41) is 7.78. The van der Waals surface area contributed by atoms with Crippen molar-refractivity contribution in [2.24, 2.45) is 0 Å². The maximum atomic E-state index is 13.4. The average Bonchev–Trinajstić information content (AvgIpc) is 3.16. The van der Waals surface area contributed by atoms with Gasteiger partial charge in [-0.05, 0) is 42.5 Å². The van der Waals surface area contributed by atoms with Crippen LogP contribution in [0.5, 0.6) is 0 Å². The minimum atomic E-state index is -4.14. The van der Waals surface area contributed by atoms with E-state index in [0.29, 0.717) is 16.6 Å². The van der Waals surface area contributed by atoms with Gasteiger partial charge in [0.05, 0.1) is 22.8 Å². The minimum absolute atomic E-state index is 0.00567. The van der Waals surface area contributed by atoms with Crippen molar-refractivity contribution in [3.8, 4) is 0 Å². The lowest BCUT2D eigenvalue weighted by Crippen LogP contribution is -2.31. The van der Waals surface area contributed by atoms with Crippen LogP contribution in [0.25, 0.3) is 0 Å². The van der Waals surface area contributed by atoms with Crippen molar-refractivity contribution in [1.29, 1.82) is 0 Å². The summed E-state index contributed by atoms with van der Waals surface area (Å²) in [5.41, 5.74) is 0.356. The summed E-state index contributed by atoms with van der Waals surface area (Å²) in [6.45, 7) is 4.94. The van der Waals surface area contributed by atoms with Crippen LogP contribution in [0.4, 0.5) is 5.69 Å². The molecule has 3 aromatic rings. The second-order valence-electron chi connectivity index (χ2n) is 6.24. The first-order valence-electron chi connectivity index (χ1n) is 8.87. The van der Waals surface area contributed by atoms with Gasteiger partial charge in [0.2, 0.25) is 5.89 Å². The van der Waals surface area contributed by atoms with E-state index in [1.165, 1.54) is 18.2 Å². The Balaban J connectivity index is 1.91. The minimum Gasteiger partial charge on any atom is -0.452 e. The average molecular weight is 482 g/mol. The van der Waals surface area contributed by atoms with Gasteiger partial charge >= 0.3 is 5.97 Å². The lowest BCUT2D eigenvalue weighted by molar-refractivity contribution is 0.0436. The van der Waals surface area contributed by atoms with Gasteiger partial charge in [-0.1, -0.05) is 29.3 Å². The molecule has 11 heteroatoms. The maximum absolute atomic E-state index is 13.4. The molecule has 0 aliphatic heterocycles. The number of aromatic nitrogens is 2. The molecule has 3 rings (SSSR count). The number of rotatable bonds is 8. The number of sulfonamides is 1. The Bertz CT molecular complexity index is 1210. The van der Waals surface area contributed by atoms with E-state index in [1.807, 2.05) is 0 Å². The first-order valence-corrected chi connectivity index (χ1v) is 11.1. The van der Waals surface area contributed by atoms with Crippen molar-refractivity contribution in [2.75, 3.05) is 10.8 Å². The molecule has 0 aliphatic carbocycles. The topological polar surface area (TPSA) is 103 Å². The maximum Gasteiger partial charge on any atom is 0.338 e. The highest BCUT2D eigenvalue weighted by Crippen LogP contribution is 2.30. The molecule has 0 fully saturated rings. The summed E-state index contributed by atoms with van der Waals surface area (Å²) in [5.74, 6) is -0.325. The van der Waals surface area contributed by atoms with Crippen LogP contribution in [0.15, 0.2) is 64.4 Å².